The van der Waals surface area contributed by atoms with Gasteiger partial charge in [-0.2, -0.15) is 5.10 Å². The van der Waals surface area contributed by atoms with E-state index >= 15 is 0 Å². The number of halogens is 6. The molecule has 148 valence electrons. The summed E-state index contributed by atoms with van der Waals surface area (Å²) < 4.78 is 79.7. The molecule has 11 heteroatoms. The zero-order chi connectivity index (χ0) is 20.6. The Labute approximate surface area is 154 Å². The minimum Gasteiger partial charge on any atom is -0.324 e. The van der Waals surface area contributed by atoms with Gasteiger partial charge in [0.2, 0.25) is 5.91 Å². The fraction of sp³-hybridized carbons (Fsp3) is 0.235. The monoisotopic (exact) mass is 402 g/mol. The van der Waals surface area contributed by atoms with Gasteiger partial charge in [-0.1, -0.05) is 0 Å². The summed E-state index contributed by atoms with van der Waals surface area (Å²) in [5.41, 5.74) is -1.80. The lowest BCUT2D eigenvalue weighted by Gasteiger charge is -2.09. The minimum atomic E-state index is -3.10. The molecule has 1 aromatic carbocycles. The Morgan fingerprint density at radius 3 is 2.43 bits per heavy atom. The number of aromatic nitrogens is 3. The molecule has 0 atom stereocenters. The Bertz CT molecular complexity index is 1050. The minimum absolute atomic E-state index is 0.0495. The average molecular weight is 402 g/mol. The van der Waals surface area contributed by atoms with Crippen molar-refractivity contribution < 1.29 is 31.1 Å². The summed E-state index contributed by atoms with van der Waals surface area (Å²) in [5, 5.41) is 6.08. The highest BCUT2D eigenvalue weighted by Gasteiger charge is 2.24. The van der Waals surface area contributed by atoms with Crippen LogP contribution in [0, 0.1) is 18.6 Å². The standard InChI is InChI=1S/C17H12F6N4O/c1-7-14-9(15(20)21)5-12(16(22)23)25-17(14)27(26-7)6-13(28)24-8-2-3-10(18)11(19)4-8/h2-5,15-16H,6H2,1H3,(H,24,28). The van der Waals surface area contributed by atoms with Crippen LogP contribution in [0.15, 0.2) is 24.3 Å². The topological polar surface area (TPSA) is 59.8 Å². The number of rotatable bonds is 5. The van der Waals surface area contributed by atoms with E-state index in [0.717, 1.165) is 22.9 Å². The summed E-state index contributed by atoms with van der Waals surface area (Å²) in [6.45, 7) is 0.813. The molecule has 2 heterocycles. The lowest BCUT2D eigenvalue weighted by Crippen LogP contribution is -2.20. The van der Waals surface area contributed by atoms with Gasteiger partial charge in [-0.25, -0.2) is 36.0 Å². The van der Waals surface area contributed by atoms with Crippen molar-refractivity contribution in [1.82, 2.24) is 14.8 Å². The molecule has 1 N–H and O–H groups in total. The molecule has 1 amide bonds. The van der Waals surface area contributed by atoms with Crippen molar-refractivity contribution in [3.8, 4) is 0 Å². The van der Waals surface area contributed by atoms with Crippen LogP contribution in [-0.2, 0) is 11.3 Å². The number of fused-ring (bicyclic) bond motifs is 1. The molecule has 0 aliphatic rings. The molecule has 28 heavy (non-hydrogen) atoms. The van der Waals surface area contributed by atoms with E-state index in [0.29, 0.717) is 6.07 Å². The number of nitrogens with zero attached hydrogens (tertiary/aromatic N) is 3. The fourth-order valence-electron chi connectivity index (χ4n) is 2.71. The highest BCUT2D eigenvalue weighted by atomic mass is 19.3. The molecule has 3 aromatic rings. The number of anilines is 1. The third kappa shape index (κ3) is 3.78. The fourth-order valence-corrected chi connectivity index (χ4v) is 2.71. The number of hydrogen-bond donors (Lipinski definition) is 1. The van der Waals surface area contributed by atoms with Crippen molar-refractivity contribution in [2.75, 3.05) is 5.32 Å². The third-order valence-electron chi connectivity index (χ3n) is 3.88. The summed E-state index contributed by atoms with van der Waals surface area (Å²) in [6, 6.07) is 3.29. The first-order valence-electron chi connectivity index (χ1n) is 7.86. The molecule has 0 bridgehead atoms. The van der Waals surface area contributed by atoms with Crippen molar-refractivity contribution >= 4 is 22.6 Å². The van der Waals surface area contributed by atoms with Crippen LogP contribution in [0.3, 0.4) is 0 Å². The Kier molecular flexibility index (Phi) is 5.25. The summed E-state index contributed by atoms with van der Waals surface area (Å²) in [4.78, 5) is 15.8. The summed E-state index contributed by atoms with van der Waals surface area (Å²) in [6.07, 6.45) is -6.14. The van der Waals surface area contributed by atoms with Crippen molar-refractivity contribution in [3.05, 3.63) is 52.9 Å². The highest BCUT2D eigenvalue weighted by Crippen LogP contribution is 2.32. The number of amides is 1. The van der Waals surface area contributed by atoms with Gasteiger partial charge in [0.05, 0.1) is 11.1 Å². The van der Waals surface area contributed by atoms with Crippen molar-refractivity contribution in [1.29, 1.82) is 0 Å². The van der Waals surface area contributed by atoms with Crippen molar-refractivity contribution in [2.24, 2.45) is 0 Å². The molecular weight excluding hydrogens is 390 g/mol. The molecule has 2 aromatic heterocycles. The van der Waals surface area contributed by atoms with Crippen molar-refractivity contribution in [3.63, 3.8) is 0 Å². The molecule has 0 spiro atoms. The zero-order valence-electron chi connectivity index (χ0n) is 14.2. The van der Waals surface area contributed by atoms with Crippen LogP contribution in [-0.4, -0.2) is 20.7 Å². The van der Waals surface area contributed by atoms with E-state index in [9.17, 15) is 31.1 Å². The van der Waals surface area contributed by atoms with Gasteiger partial charge in [-0.3, -0.25) is 4.79 Å². The second kappa shape index (κ2) is 7.49. The molecule has 0 saturated heterocycles. The lowest BCUT2D eigenvalue weighted by molar-refractivity contribution is -0.116. The number of carbonyl (C=O) groups excluding carboxylic acids is 1. The molecular formula is C17H12F6N4O. The maximum absolute atomic E-state index is 13.3. The Morgan fingerprint density at radius 1 is 1.11 bits per heavy atom. The van der Waals surface area contributed by atoms with Crippen LogP contribution in [0.4, 0.5) is 32.0 Å². The van der Waals surface area contributed by atoms with E-state index < -0.39 is 48.2 Å². The van der Waals surface area contributed by atoms with Crippen LogP contribution in [0.25, 0.3) is 11.0 Å². The largest absolute Gasteiger partial charge is 0.324 e. The third-order valence-corrected chi connectivity index (χ3v) is 3.88. The molecule has 0 aliphatic heterocycles. The Hall–Kier alpha value is -3.11. The van der Waals surface area contributed by atoms with Gasteiger partial charge in [0, 0.05) is 17.3 Å². The van der Waals surface area contributed by atoms with Gasteiger partial charge >= 0.3 is 0 Å². The quantitative estimate of drug-likeness (QED) is 0.638. The molecule has 0 aliphatic carbocycles. The van der Waals surface area contributed by atoms with Gasteiger partial charge < -0.3 is 5.32 Å². The van der Waals surface area contributed by atoms with E-state index in [1.54, 1.807) is 0 Å². The molecule has 0 radical (unpaired) electrons. The van der Waals surface area contributed by atoms with Gasteiger partial charge in [0.1, 0.15) is 12.2 Å². The van der Waals surface area contributed by atoms with E-state index in [1.165, 1.54) is 6.92 Å². The number of nitrogens with one attached hydrogen (secondary N) is 1. The predicted molar refractivity (Wildman–Crippen MR) is 87.2 cm³/mol. The number of alkyl halides is 4. The zero-order valence-corrected chi connectivity index (χ0v) is 14.2. The first kappa shape index (κ1) is 19.6. The molecule has 0 saturated carbocycles. The van der Waals surface area contributed by atoms with E-state index in [1.807, 2.05) is 0 Å². The summed E-state index contributed by atoms with van der Waals surface area (Å²) >= 11 is 0. The summed E-state index contributed by atoms with van der Waals surface area (Å²) in [7, 11) is 0. The number of pyridine rings is 1. The van der Waals surface area contributed by atoms with Gasteiger partial charge in [-0.15, -0.1) is 0 Å². The Morgan fingerprint density at radius 2 is 1.82 bits per heavy atom. The van der Waals surface area contributed by atoms with Crippen LogP contribution in [0.5, 0.6) is 0 Å². The lowest BCUT2D eigenvalue weighted by atomic mass is 10.1. The van der Waals surface area contributed by atoms with Crippen LogP contribution in [0.2, 0.25) is 0 Å². The van der Waals surface area contributed by atoms with Crippen LogP contribution >= 0.6 is 0 Å². The van der Waals surface area contributed by atoms with Crippen molar-refractivity contribution in [2.45, 2.75) is 26.3 Å². The molecule has 0 fully saturated rings. The SMILES string of the molecule is Cc1nn(CC(=O)Nc2ccc(F)c(F)c2)c2nc(C(F)F)cc(C(F)F)c12. The van der Waals surface area contributed by atoms with Gasteiger partial charge in [-0.05, 0) is 25.1 Å². The highest BCUT2D eigenvalue weighted by molar-refractivity contribution is 5.92. The van der Waals surface area contributed by atoms with Gasteiger partial charge in [0.15, 0.2) is 17.3 Å². The Balaban J connectivity index is 1.96. The normalized spacial score (nSPS) is 11.6. The average Bonchev–Trinajstić information content (AvgIpc) is 2.93. The molecule has 3 rings (SSSR count). The maximum atomic E-state index is 13.3. The first-order valence-corrected chi connectivity index (χ1v) is 7.86. The predicted octanol–water partition coefficient (Wildman–Crippen LogP) is 4.53. The van der Waals surface area contributed by atoms with E-state index in [4.69, 9.17) is 0 Å². The molecule has 0 unspecified atom stereocenters. The number of hydrogen-bond acceptors (Lipinski definition) is 3. The second-order valence-electron chi connectivity index (χ2n) is 5.86. The molecule has 5 nitrogen and oxygen atoms in total. The van der Waals surface area contributed by atoms with Crippen LogP contribution < -0.4 is 5.32 Å². The van der Waals surface area contributed by atoms with Gasteiger partial charge in [0.25, 0.3) is 12.9 Å². The smallest absolute Gasteiger partial charge is 0.280 e. The van der Waals surface area contributed by atoms with E-state index in [-0.39, 0.29) is 22.4 Å². The maximum Gasteiger partial charge on any atom is 0.280 e. The number of benzene rings is 1. The van der Waals surface area contributed by atoms with Crippen LogP contribution in [0.1, 0.15) is 29.8 Å². The van der Waals surface area contributed by atoms with E-state index in [2.05, 4.69) is 15.4 Å². The number of carbonyl (C=O) groups is 1. The second-order valence-corrected chi connectivity index (χ2v) is 5.86. The number of aryl methyl sites for hydroxylation is 1. The summed E-state index contributed by atoms with van der Waals surface area (Å²) in [5.74, 6) is -3.05. The first-order chi connectivity index (χ1) is 13.2.